The van der Waals surface area contributed by atoms with Crippen molar-refractivity contribution in [3.05, 3.63) is 29.8 Å². The zero-order chi connectivity index (χ0) is 19.7. The van der Waals surface area contributed by atoms with Crippen LogP contribution in [0.15, 0.2) is 29.2 Å². The second kappa shape index (κ2) is 7.57. The molecule has 2 fully saturated rings. The minimum Gasteiger partial charge on any atom is -0.481 e. The van der Waals surface area contributed by atoms with Crippen LogP contribution >= 0.6 is 0 Å². The lowest BCUT2D eigenvalue weighted by molar-refractivity contribution is -0.150. The van der Waals surface area contributed by atoms with Crippen LogP contribution < -0.4 is 0 Å². The van der Waals surface area contributed by atoms with E-state index in [4.69, 9.17) is 4.74 Å². The number of aliphatic carboxylic acids is 1. The number of hydrogen-bond donors (Lipinski definition) is 1. The van der Waals surface area contributed by atoms with Gasteiger partial charge < -0.3 is 14.7 Å². The number of piperidine rings is 1. The molecule has 1 N–H and O–H groups in total. The van der Waals surface area contributed by atoms with Crippen LogP contribution in [0, 0.1) is 5.41 Å². The predicted octanol–water partition coefficient (Wildman–Crippen LogP) is 1.03. The Labute approximate surface area is 158 Å². The molecular weight excluding hydrogens is 372 g/mol. The van der Waals surface area contributed by atoms with Crippen LogP contribution in [0.3, 0.4) is 0 Å². The zero-order valence-corrected chi connectivity index (χ0v) is 16.1. The minimum atomic E-state index is -3.70. The Balaban J connectivity index is 1.82. The number of ether oxygens (including phenoxy) is 1. The number of rotatable bonds is 4. The molecule has 3 rings (SSSR count). The predicted molar refractivity (Wildman–Crippen MR) is 96.9 cm³/mol. The Morgan fingerprint density at radius 1 is 1.19 bits per heavy atom. The summed E-state index contributed by atoms with van der Waals surface area (Å²) >= 11 is 0. The average molecular weight is 396 g/mol. The van der Waals surface area contributed by atoms with E-state index < -0.39 is 21.4 Å². The van der Waals surface area contributed by atoms with Crippen molar-refractivity contribution in [2.24, 2.45) is 5.41 Å². The van der Waals surface area contributed by atoms with E-state index >= 15 is 0 Å². The first-order chi connectivity index (χ1) is 12.7. The molecule has 9 heteroatoms. The van der Waals surface area contributed by atoms with Gasteiger partial charge in [-0.2, -0.15) is 4.31 Å². The fourth-order valence-corrected chi connectivity index (χ4v) is 4.95. The number of likely N-dealkylation sites (tertiary alicyclic amines) is 1. The van der Waals surface area contributed by atoms with Gasteiger partial charge in [0.05, 0.1) is 23.5 Å². The summed E-state index contributed by atoms with van der Waals surface area (Å²) in [5.41, 5.74) is -0.732. The zero-order valence-electron chi connectivity index (χ0n) is 15.3. The van der Waals surface area contributed by atoms with Crippen molar-refractivity contribution < 1.29 is 27.9 Å². The van der Waals surface area contributed by atoms with E-state index in [1.165, 1.54) is 21.3 Å². The molecule has 0 saturated carbocycles. The number of benzene rings is 1. The van der Waals surface area contributed by atoms with Gasteiger partial charge in [-0.25, -0.2) is 8.42 Å². The second-order valence-electron chi connectivity index (χ2n) is 7.24. The molecule has 0 aromatic heterocycles. The molecule has 8 nitrogen and oxygen atoms in total. The number of carboxylic acids is 1. The van der Waals surface area contributed by atoms with Crippen LogP contribution in [0.2, 0.25) is 0 Å². The van der Waals surface area contributed by atoms with Crippen molar-refractivity contribution >= 4 is 21.9 Å². The van der Waals surface area contributed by atoms with Crippen LogP contribution in [-0.2, 0) is 19.6 Å². The number of carbonyl (C=O) groups is 2. The van der Waals surface area contributed by atoms with E-state index in [-0.39, 0.29) is 36.0 Å². The van der Waals surface area contributed by atoms with E-state index in [0.717, 1.165) is 0 Å². The number of morpholine rings is 1. The molecule has 1 unspecified atom stereocenters. The van der Waals surface area contributed by atoms with Crippen molar-refractivity contribution in [3.63, 3.8) is 0 Å². The molecule has 0 radical (unpaired) electrons. The normalized spacial score (nSPS) is 24.6. The highest BCUT2D eigenvalue weighted by Crippen LogP contribution is 2.30. The fourth-order valence-electron chi connectivity index (χ4n) is 3.50. The maximum absolute atomic E-state index is 12.9. The molecule has 2 heterocycles. The van der Waals surface area contributed by atoms with Gasteiger partial charge in [0.15, 0.2) is 0 Å². The molecule has 1 atom stereocenters. The van der Waals surface area contributed by atoms with E-state index in [1.54, 1.807) is 19.1 Å². The topological polar surface area (TPSA) is 104 Å². The second-order valence-corrected chi connectivity index (χ2v) is 9.18. The van der Waals surface area contributed by atoms with Gasteiger partial charge >= 0.3 is 5.97 Å². The monoisotopic (exact) mass is 396 g/mol. The number of carbonyl (C=O) groups excluding carboxylic acids is 1. The highest BCUT2D eigenvalue weighted by atomic mass is 32.2. The highest BCUT2D eigenvalue weighted by Gasteiger charge is 2.39. The maximum atomic E-state index is 12.9. The lowest BCUT2D eigenvalue weighted by atomic mass is 9.82. The van der Waals surface area contributed by atoms with Crippen LogP contribution in [0.25, 0.3) is 0 Å². The summed E-state index contributed by atoms with van der Waals surface area (Å²) in [6.45, 7) is 3.46. The van der Waals surface area contributed by atoms with E-state index in [9.17, 15) is 23.1 Å². The first kappa shape index (κ1) is 19.8. The lowest BCUT2D eigenvalue weighted by Gasteiger charge is -2.37. The van der Waals surface area contributed by atoms with Crippen molar-refractivity contribution in [1.82, 2.24) is 9.21 Å². The molecule has 1 aromatic carbocycles. The van der Waals surface area contributed by atoms with Crippen molar-refractivity contribution in [3.8, 4) is 0 Å². The summed E-state index contributed by atoms with van der Waals surface area (Å²) in [7, 11) is -3.70. The third kappa shape index (κ3) is 3.99. The Bertz CT molecular complexity index is 834. The number of amides is 1. The van der Waals surface area contributed by atoms with Crippen LogP contribution in [-0.4, -0.2) is 74.0 Å². The molecule has 27 heavy (non-hydrogen) atoms. The molecule has 2 saturated heterocycles. The summed E-state index contributed by atoms with van der Waals surface area (Å²) in [5, 5.41) is 9.43. The summed E-state index contributed by atoms with van der Waals surface area (Å²) < 4.78 is 32.1. The molecule has 2 aliphatic heterocycles. The number of nitrogens with zero attached hydrogens (tertiary/aromatic N) is 2. The summed E-state index contributed by atoms with van der Waals surface area (Å²) in [5.74, 6) is -1.27. The van der Waals surface area contributed by atoms with Crippen molar-refractivity contribution in [1.29, 1.82) is 0 Å². The number of sulfonamides is 1. The summed E-state index contributed by atoms with van der Waals surface area (Å²) in [4.78, 5) is 25.9. The van der Waals surface area contributed by atoms with Crippen molar-refractivity contribution in [2.75, 3.05) is 39.4 Å². The van der Waals surface area contributed by atoms with Gasteiger partial charge in [0.1, 0.15) is 0 Å². The van der Waals surface area contributed by atoms with Crippen LogP contribution in [0.4, 0.5) is 0 Å². The SMILES string of the molecule is CC1(C(=O)O)CCCN(C(=O)c2cccc(S(=O)(=O)N3CCOCC3)c2)C1. The summed E-state index contributed by atoms with van der Waals surface area (Å²) in [6.07, 6.45) is 1.11. The smallest absolute Gasteiger partial charge is 0.311 e. The Morgan fingerprint density at radius 2 is 1.89 bits per heavy atom. The Kier molecular flexibility index (Phi) is 5.55. The lowest BCUT2D eigenvalue weighted by Crippen LogP contribution is -2.48. The molecule has 0 aliphatic carbocycles. The molecule has 0 spiro atoms. The fraction of sp³-hybridized carbons (Fsp3) is 0.556. The van der Waals surface area contributed by atoms with Gasteiger partial charge in [-0.15, -0.1) is 0 Å². The molecule has 148 valence electrons. The molecule has 1 amide bonds. The first-order valence-corrected chi connectivity index (χ1v) is 10.4. The van der Waals surface area contributed by atoms with Gasteiger partial charge in [0, 0.05) is 31.7 Å². The Hall–Kier alpha value is -1.97. The quantitative estimate of drug-likeness (QED) is 0.815. The van der Waals surface area contributed by atoms with Crippen LogP contribution in [0.1, 0.15) is 30.1 Å². The van der Waals surface area contributed by atoms with Gasteiger partial charge in [-0.1, -0.05) is 6.07 Å². The van der Waals surface area contributed by atoms with Gasteiger partial charge in [-0.3, -0.25) is 9.59 Å². The van der Waals surface area contributed by atoms with Crippen LogP contribution in [0.5, 0.6) is 0 Å². The first-order valence-electron chi connectivity index (χ1n) is 8.95. The standard InChI is InChI=1S/C18H24N2O6S/c1-18(17(22)23)6-3-7-19(13-18)16(21)14-4-2-5-15(12-14)27(24,25)20-8-10-26-11-9-20/h2,4-5,12H,3,6-11,13H2,1H3,(H,22,23). The van der Waals surface area contributed by atoms with Gasteiger partial charge in [0.2, 0.25) is 10.0 Å². The Morgan fingerprint density at radius 3 is 2.56 bits per heavy atom. The maximum Gasteiger partial charge on any atom is 0.311 e. The van der Waals surface area contributed by atoms with Gasteiger partial charge in [0.25, 0.3) is 5.91 Å². The molecule has 2 aliphatic rings. The number of carboxylic acid groups (broad SMARTS) is 1. The van der Waals surface area contributed by atoms with E-state index in [0.29, 0.717) is 32.6 Å². The summed E-state index contributed by atoms with van der Waals surface area (Å²) in [6, 6.07) is 5.95. The van der Waals surface area contributed by atoms with Gasteiger partial charge in [-0.05, 0) is 38.0 Å². The highest BCUT2D eigenvalue weighted by molar-refractivity contribution is 7.89. The minimum absolute atomic E-state index is 0.0632. The molecule has 0 bridgehead atoms. The van der Waals surface area contributed by atoms with Crippen molar-refractivity contribution in [2.45, 2.75) is 24.7 Å². The molecule has 1 aromatic rings. The van der Waals surface area contributed by atoms with E-state index in [1.807, 2.05) is 0 Å². The third-order valence-corrected chi connectivity index (χ3v) is 7.08. The average Bonchev–Trinajstić information content (AvgIpc) is 2.68. The van der Waals surface area contributed by atoms with E-state index in [2.05, 4.69) is 0 Å². The largest absolute Gasteiger partial charge is 0.481 e. The number of hydrogen-bond acceptors (Lipinski definition) is 5. The molecular formula is C18H24N2O6S. The third-order valence-electron chi connectivity index (χ3n) is 5.19.